The van der Waals surface area contributed by atoms with Gasteiger partial charge in [-0.25, -0.2) is 13.2 Å². The number of aliphatic carboxylic acids is 1. The summed E-state index contributed by atoms with van der Waals surface area (Å²) in [7, 11) is -4.37. The quantitative estimate of drug-likeness (QED) is 0.325. The fourth-order valence-electron chi connectivity index (χ4n) is 4.39. The van der Waals surface area contributed by atoms with Gasteiger partial charge in [-0.15, -0.1) is 0 Å². The van der Waals surface area contributed by atoms with Gasteiger partial charge >= 0.3 is 12.1 Å². The van der Waals surface area contributed by atoms with Gasteiger partial charge in [-0.2, -0.15) is 24.9 Å². The Labute approximate surface area is 226 Å². The molecular formula is C26H35F3N2O5S2. The number of alkyl halides is 3. The van der Waals surface area contributed by atoms with Crippen LogP contribution in [0.15, 0.2) is 48.6 Å². The molecule has 38 heavy (non-hydrogen) atoms. The predicted molar refractivity (Wildman–Crippen MR) is 145 cm³/mol. The topological polar surface area (TPSA) is 113 Å². The average molecular weight is 577 g/mol. The number of carboxylic acid groups (broad SMARTS) is 1. The Morgan fingerprint density at radius 2 is 1.79 bits per heavy atom. The SMILES string of the molecule is CSCC[C@H](NC(=O)[C@H](CC(C)C)N[C@@H](C(F)(F)F)C1(S(C)(=O)=O)C=CC(c2ccccc2)=CC1)C(=O)O. The first-order chi connectivity index (χ1) is 17.6. The Hall–Kier alpha value is -2.31. The van der Waals surface area contributed by atoms with E-state index in [1.54, 1.807) is 50.4 Å². The van der Waals surface area contributed by atoms with Gasteiger partial charge in [0, 0.05) is 6.26 Å². The van der Waals surface area contributed by atoms with Crippen molar-refractivity contribution in [1.29, 1.82) is 0 Å². The Bertz CT molecular complexity index is 1140. The number of allylic oxidation sites excluding steroid dienone is 3. The van der Waals surface area contributed by atoms with E-state index < -0.39 is 57.2 Å². The van der Waals surface area contributed by atoms with Crippen molar-refractivity contribution in [2.75, 3.05) is 18.3 Å². The molecule has 4 atom stereocenters. The number of hydrogen-bond donors (Lipinski definition) is 3. The minimum absolute atomic E-state index is 0.0675. The summed E-state index contributed by atoms with van der Waals surface area (Å²) in [5.74, 6) is -2.06. The molecule has 7 nitrogen and oxygen atoms in total. The maximum Gasteiger partial charge on any atom is 0.405 e. The summed E-state index contributed by atoms with van der Waals surface area (Å²) < 4.78 is 67.4. The Morgan fingerprint density at radius 1 is 1.16 bits per heavy atom. The minimum atomic E-state index is -5.05. The van der Waals surface area contributed by atoms with E-state index in [2.05, 4.69) is 10.6 Å². The van der Waals surface area contributed by atoms with Gasteiger partial charge in [-0.1, -0.05) is 62.4 Å². The molecule has 1 aliphatic carbocycles. The van der Waals surface area contributed by atoms with Crippen molar-refractivity contribution in [3.05, 3.63) is 54.1 Å². The number of nitrogens with one attached hydrogen (secondary N) is 2. The van der Waals surface area contributed by atoms with E-state index in [0.29, 0.717) is 11.3 Å². The summed E-state index contributed by atoms with van der Waals surface area (Å²) in [4.78, 5) is 24.7. The molecule has 12 heteroatoms. The molecule has 0 spiro atoms. The molecule has 0 aliphatic heterocycles. The van der Waals surface area contributed by atoms with Crippen LogP contribution in [0.2, 0.25) is 0 Å². The van der Waals surface area contributed by atoms with E-state index in [9.17, 15) is 36.3 Å². The van der Waals surface area contributed by atoms with Crippen LogP contribution in [0.3, 0.4) is 0 Å². The predicted octanol–water partition coefficient (Wildman–Crippen LogP) is 4.07. The van der Waals surface area contributed by atoms with Crippen molar-refractivity contribution in [3.8, 4) is 0 Å². The van der Waals surface area contributed by atoms with Gasteiger partial charge in [-0.05, 0) is 48.3 Å². The minimum Gasteiger partial charge on any atom is -0.480 e. The lowest BCUT2D eigenvalue weighted by atomic mass is 9.86. The van der Waals surface area contributed by atoms with Gasteiger partial charge in [-0.3, -0.25) is 10.1 Å². The van der Waals surface area contributed by atoms with E-state index in [0.717, 1.165) is 17.9 Å². The molecule has 1 aromatic carbocycles. The monoisotopic (exact) mass is 576 g/mol. The highest BCUT2D eigenvalue weighted by molar-refractivity contribution is 7.98. The Balaban J connectivity index is 2.48. The molecule has 0 bridgehead atoms. The zero-order valence-corrected chi connectivity index (χ0v) is 23.4. The zero-order valence-electron chi connectivity index (χ0n) is 21.8. The number of amides is 1. The first-order valence-corrected chi connectivity index (χ1v) is 15.4. The Kier molecular flexibility index (Phi) is 11.1. The lowest BCUT2D eigenvalue weighted by Crippen LogP contribution is -2.65. The number of halogens is 3. The maximum atomic E-state index is 14.6. The summed E-state index contributed by atoms with van der Waals surface area (Å²) in [5.41, 5.74) is 1.31. The van der Waals surface area contributed by atoms with Crippen molar-refractivity contribution in [1.82, 2.24) is 10.6 Å². The zero-order chi connectivity index (χ0) is 28.7. The number of rotatable bonds is 13. The van der Waals surface area contributed by atoms with Gasteiger partial charge in [0.2, 0.25) is 5.91 Å². The highest BCUT2D eigenvalue weighted by atomic mass is 32.2. The molecule has 0 saturated heterocycles. The van der Waals surface area contributed by atoms with Crippen LogP contribution in [0.25, 0.3) is 5.57 Å². The maximum absolute atomic E-state index is 14.6. The molecular weight excluding hydrogens is 541 g/mol. The second-order valence-electron chi connectivity index (χ2n) is 9.79. The molecule has 1 amide bonds. The van der Waals surface area contributed by atoms with E-state index in [1.807, 2.05) is 0 Å². The smallest absolute Gasteiger partial charge is 0.405 e. The van der Waals surface area contributed by atoms with Crippen LogP contribution >= 0.6 is 11.8 Å². The largest absolute Gasteiger partial charge is 0.480 e. The number of benzene rings is 1. The molecule has 0 fully saturated rings. The second-order valence-corrected chi connectivity index (χ2v) is 13.1. The van der Waals surface area contributed by atoms with Crippen molar-refractivity contribution in [2.45, 2.75) is 62.2 Å². The third-order valence-corrected chi connectivity index (χ3v) is 8.98. The van der Waals surface area contributed by atoms with Gasteiger partial charge < -0.3 is 10.4 Å². The molecule has 0 heterocycles. The Morgan fingerprint density at radius 3 is 2.24 bits per heavy atom. The van der Waals surface area contributed by atoms with Gasteiger partial charge in [0.15, 0.2) is 9.84 Å². The van der Waals surface area contributed by atoms with E-state index in [-0.39, 0.29) is 18.8 Å². The van der Waals surface area contributed by atoms with Crippen LogP contribution in [0, 0.1) is 5.92 Å². The van der Waals surface area contributed by atoms with Gasteiger partial charge in [0.1, 0.15) is 16.8 Å². The summed E-state index contributed by atoms with van der Waals surface area (Å²) in [5, 5.41) is 14.1. The van der Waals surface area contributed by atoms with E-state index >= 15 is 0 Å². The third kappa shape index (κ3) is 8.09. The number of carbonyl (C=O) groups is 2. The lowest BCUT2D eigenvalue weighted by Gasteiger charge is -2.41. The number of hydrogen-bond acceptors (Lipinski definition) is 6. The molecule has 1 aromatic rings. The molecule has 1 aliphatic rings. The second kappa shape index (κ2) is 13.2. The molecule has 0 saturated carbocycles. The van der Waals surface area contributed by atoms with Crippen LogP contribution in [0.1, 0.15) is 38.7 Å². The number of carbonyl (C=O) groups excluding carboxylic acids is 1. The fourth-order valence-corrected chi connectivity index (χ4v) is 6.19. The molecule has 2 rings (SSSR count). The molecule has 0 radical (unpaired) electrons. The standard InChI is InChI=1S/C26H35F3N2O5S2/c1-17(2)16-21(22(32)30-20(23(33)34)12-15-37-3)31-24(26(27,28)29)25(38(4,35)36)13-10-19(11-14-25)18-8-6-5-7-9-18/h5-11,13,17,20-21,24,31H,12,14-16H2,1-4H3,(H,30,32)(H,33,34)/t20-,21-,24+,25?/m0/s1. The first kappa shape index (κ1) is 31.9. The van der Waals surface area contributed by atoms with Crippen molar-refractivity contribution < 1.29 is 36.3 Å². The number of thioether (sulfide) groups is 1. The summed E-state index contributed by atoms with van der Waals surface area (Å²) in [6, 6.07) is 3.46. The van der Waals surface area contributed by atoms with Gasteiger partial charge in [0.25, 0.3) is 0 Å². The molecule has 1 unspecified atom stereocenters. The van der Waals surface area contributed by atoms with Crippen LogP contribution in [-0.4, -0.2) is 72.7 Å². The van der Waals surface area contributed by atoms with Crippen LogP contribution in [0.5, 0.6) is 0 Å². The van der Waals surface area contributed by atoms with Crippen LogP contribution < -0.4 is 10.6 Å². The number of carboxylic acids is 1. The summed E-state index contributed by atoms with van der Waals surface area (Å²) in [6.07, 6.45) is 0.884. The normalized spacial score (nSPS) is 20.5. The molecule has 0 aromatic heterocycles. The van der Waals surface area contributed by atoms with Gasteiger partial charge in [0.05, 0.1) is 6.04 Å². The fraction of sp³-hybridized carbons (Fsp3) is 0.538. The van der Waals surface area contributed by atoms with Crippen molar-refractivity contribution in [2.24, 2.45) is 5.92 Å². The van der Waals surface area contributed by atoms with E-state index in [1.165, 1.54) is 23.9 Å². The third-order valence-electron chi connectivity index (χ3n) is 6.42. The summed E-state index contributed by atoms with van der Waals surface area (Å²) in [6.45, 7) is 3.41. The molecule has 3 N–H and O–H groups in total. The van der Waals surface area contributed by atoms with E-state index in [4.69, 9.17) is 0 Å². The summed E-state index contributed by atoms with van der Waals surface area (Å²) >= 11 is 1.37. The highest BCUT2D eigenvalue weighted by Gasteiger charge is 2.58. The average Bonchev–Trinajstić information content (AvgIpc) is 2.83. The van der Waals surface area contributed by atoms with Crippen molar-refractivity contribution >= 4 is 39.0 Å². The van der Waals surface area contributed by atoms with Crippen molar-refractivity contribution in [3.63, 3.8) is 0 Å². The van der Waals surface area contributed by atoms with Crippen LogP contribution in [-0.2, 0) is 19.4 Å². The highest BCUT2D eigenvalue weighted by Crippen LogP contribution is 2.41. The lowest BCUT2D eigenvalue weighted by molar-refractivity contribution is -0.164. The first-order valence-electron chi connectivity index (χ1n) is 12.1. The molecule has 212 valence electrons. The van der Waals surface area contributed by atoms with Crippen LogP contribution in [0.4, 0.5) is 13.2 Å². The number of sulfone groups is 1.